The molecule has 0 N–H and O–H groups in total. The van der Waals surface area contributed by atoms with Crippen molar-refractivity contribution in [2.24, 2.45) is 4.99 Å². The van der Waals surface area contributed by atoms with Gasteiger partial charge < -0.3 is 9.47 Å². The highest BCUT2D eigenvalue weighted by atomic mass is 32.2. The van der Waals surface area contributed by atoms with Crippen LogP contribution in [-0.2, 0) is 4.79 Å². The number of thioether (sulfide) groups is 1. The predicted octanol–water partition coefficient (Wildman–Crippen LogP) is 3.76. The van der Waals surface area contributed by atoms with Gasteiger partial charge in [0.2, 0.25) is 0 Å². The Morgan fingerprint density at radius 1 is 1.00 bits per heavy atom. The molecule has 0 unspecified atom stereocenters. The lowest BCUT2D eigenvalue weighted by Crippen LogP contribution is -1.92. The number of hydrogen-bond acceptors (Lipinski definition) is 4. The van der Waals surface area contributed by atoms with E-state index in [2.05, 4.69) is 4.99 Å². The summed E-state index contributed by atoms with van der Waals surface area (Å²) in [5, 5.41) is 0.724. The molecule has 2 aromatic rings. The molecule has 0 radical (unpaired) electrons. The fourth-order valence-electron chi connectivity index (χ4n) is 2.21. The lowest BCUT2D eigenvalue weighted by Gasteiger charge is -2.07. The molecule has 116 valence electrons. The van der Waals surface area contributed by atoms with E-state index in [0.717, 1.165) is 16.2 Å². The van der Waals surface area contributed by atoms with Crippen molar-refractivity contribution in [2.45, 2.75) is 0 Å². The Bertz CT molecular complexity index is 797. The van der Waals surface area contributed by atoms with Crippen LogP contribution in [0, 0.1) is 0 Å². The van der Waals surface area contributed by atoms with E-state index in [9.17, 15) is 4.79 Å². The summed E-state index contributed by atoms with van der Waals surface area (Å²) >= 11 is 1.38. The van der Waals surface area contributed by atoms with Gasteiger partial charge >= 0.3 is 0 Å². The molecule has 0 aromatic heterocycles. The van der Waals surface area contributed by atoms with Crippen molar-refractivity contribution in [3.05, 3.63) is 64.6 Å². The summed E-state index contributed by atoms with van der Waals surface area (Å²) in [7, 11) is 3.17. The van der Waals surface area contributed by atoms with Crippen LogP contribution in [0.5, 0.6) is 11.5 Å². The van der Waals surface area contributed by atoms with Crippen LogP contribution < -0.4 is 9.47 Å². The van der Waals surface area contributed by atoms with Crippen molar-refractivity contribution in [3.63, 3.8) is 0 Å². The lowest BCUT2D eigenvalue weighted by molar-refractivity contribution is -0.113. The van der Waals surface area contributed by atoms with E-state index in [4.69, 9.17) is 9.47 Å². The van der Waals surface area contributed by atoms with Gasteiger partial charge in [-0.1, -0.05) is 48.2 Å². The minimum atomic E-state index is -0.219. The second-order valence-corrected chi connectivity index (χ2v) is 5.84. The van der Waals surface area contributed by atoms with Crippen molar-refractivity contribution in [1.29, 1.82) is 0 Å². The average molecular weight is 325 g/mol. The van der Waals surface area contributed by atoms with Crippen molar-refractivity contribution >= 4 is 28.8 Å². The molecule has 0 spiro atoms. The SMILES string of the molecule is COc1ccc(/C=C2\SC(c3ccccc3)=NC2=O)cc1OC. The number of ether oxygens (including phenoxy) is 2. The molecule has 1 heterocycles. The fourth-order valence-corrected chi connectivity index (χ4v) is 3.13. The zero-order valence-electron chi connectivity index (χ0n) is 12.8. The van der Waals surface area contributed by atoms with E-state index in [-0.39, 0.29) is 5.91 Å². The Labute approximate surface area is 138 Å². The van der Waals surface area contributed by atoms with Gasteiger partial charge in [0.1, 0.15) is 5.04 Å². The van der Waals surface area contributed by atoms with Crippen molar-refractivity contribution in [2.75, 3.05) is 14.2 Å². The maximum Gasteiger partial charge on any atom is 0.284 e. The zero-order chi connectivity index (χ0) is 16.2. The van der Waals surface area contributed by atoms with Crippen molar-refractivity contribution in [1.82, 2.24) is 0 Å². The van der Waals surface area contributed by atoms with Gasteiger partial charge in [0.25, 0.3) is 5.91 Å². The number of carbonyl (C=O) groups is 1. The molecule has 2 aromatic carbocycles. The summed E-state index contributed by atoms with van der Waals surface area (Å²) in [5.41, 5.74) is 1.81. The Kier molecular flexibility index (Phi) is 4.48. The molecule has 0 fully saturated rings. The third kappa shape index (κ3) is 3.29. The third-order valence-corrected chi connectivity index (χ3v) is 4.38. The van der Waals surface area contributed by atoms with Crippen LogP contribution in [0.15, 0.2) is 58.4 Å². The molecule has 0 saturated heterocycles. The van der Waals surface area contributed by atoms with Crippen LogP contribution in [0.4, 0.5) is 0 Å². The second kappa shape index (κ2) is 6.71. The highest BCUT2D eigenvalue weighted by Crippen LogP contribution is 2.34. The minimum absolute atomic E-state index is 0.219. The molecular formula is C18H15NO3S. The molecule has 0 saturated carbocycles. The summed E-state index contributed by atoms with van der Waals surface area (Å²) in [6.07, 6.45) is 1.81. The summed E-state index contributed by atoms with van der Waals surface area (Å²) < 4.78 is 10.5. The average Bonchev–Trinajstić information content (AvgIpc) is 2.96. The molecule has 1 amide bonds. The van der Waals surface area contributed by atoms with Gasteiger partial charge in [-0.05, 0) is 23.8 Å². The van der Waals surface area contributed by atoms with E-state index >= 15 is 0 Å². The summed E-state index contributed by atoms with van der Waals surface area (Å²) in [6, 6.07) is 15.2. The lowest BCUT2D eigenvalue weighted by atomic mass is 10.2. The van der Waals surface area contributed by atoms with Crippen LogP contribution in [-0.4, -0.2) is 25.2 Å². The highest BCUT2D eigenvalue weighted by Gasteiger charge is 2.22. The zero-order valence-corrected chi connectivity index (χ0v) is 13.6. The van der Waals surface area contributed by atoms with Crippen LogP contribution >= 0.6 is 11.8 Å². The molecule has 0 bridgehead atoms. The second-order valence-electron chi connectivity index (χ2n) is 4.81. The molecule has 0 aliphatic carbocycles. The van der Waals surface area contributed by atoms with Gasteiger partial charge in [0.05, 0.1) is 19.1 Å². The number of amides is 1. The van der Waals surface area contributed by atoms with E-state index in [0.29, 0.717) is 16.4 Å². The van der Waals surface area contributed by atoms with Gasteiger partial charge in [0.15, 0.2) is 11.5 Å². The Morgan fingerprint density at radius 3 is 2.43 bits per heavy atom. The molecule has 0 atom stereocenters. The van der Waals surface area contributed by atoms with Gasteiger partial charge in [0, 0.05) is 5.56 Å². The van der Waals surface area contributed by atoms with Gasteiger partial charge in [-0.25, -0.2) is 4.99 Å². The highest BCUT2D eigenvalue weighted by molar-refractivity contribution is 8.19. The number of aliphatic imine (C=N–C) groups is 1. The first kappa shape index (κ1) is 15.4. The number of carbonyl (C=O) groups excluding carboxylic acids is 1. The van der Waals surface area contributed by atoms with Crippen molar-refractivity contribution in [3.8, 4) is 11.5 Å². The maximum atomic E-state index is 12.1. The number of benzene rings is 2. The van der Waals surface area contributed by atoms with Crippen molar-refractivity contribution < 1.29 is 14.3 Å². The largest absolute Gasteiger partial charge is 0.493 e. The Hall–Kier alpha value is -2.53. The molecule has 4 nitrogen and oxygen atoms in total. The van der Waals surface area contributed by atoms with Gasteiger partial charge in [-0.3, -0.25) is 4.79 Å². The molecule has 1 aliphatic rings. The number of hydrogen-bond donors (Lipinski definition) is 0. The Morgan fingerprint density at radius 2 is 1.74 bits per heavy atom. The summed E-state index contributed by atoms with van der Waals surface area (Å²) in [5.74, 6) is 1.06. The quantitative estimate of drug-likeness (QED) is 0.803. The fraction of sp³-hybridized carbons (Fsp3) is 0.111. The van der Waals surface area contributed by atoms with E-state index in [1.807, 2.05) is 54.6 Å². The standard InChI is InChI=1S/C18H15NO3S/c1-21-14-9-8-12(10-15(14)22-2)11-16-17(20)19-18(23-16)13-6-4-3-5-7-13/h3-11H,1-2H3/b16-11-. The smallest absolute Gasteiger partial charge is 0.284 e. The van der Waals surface area contributed by atoms with E-state index < -0.39 is 0 Å². The molecule has 3 rings (SSSR count). The van der Waals surface area contributed by atoms with Gasteiger partial charge in [-0.15, -0.1) is 0 Å². The van der Waals surface area contributed by atoms with Crippen LogP contribution in [0.2, 0.25) is 0 Å². The first-order chi connectivity index (χ1) is 11.2. The number of nitrogens with zero attached hydrogens (tertiary/aromatic N) is 1. The molecule has 23 heavy (non-hydrogen) atoms. The third-order valence-electron chi connectivity index (χ3n) is 3.35. The predicted molar refractivity (Wildman–Crippen MR) is 93.1 cm³/mol. The molecular weight excluding hydrogens is 310 g/mol. The maximum absolute atomic E-state index is 12.1. The summed E-state index contributed by atoms with van der Waals surface area (Å²) in [4.78, 5) is 16.8. The Balaban J connectivity index is 1.86. The van der Waals surface area contributed by atoms with Gasteiger partial charge in [-0.2, -0.15) is 0 Å². The van der Waals surface area contributed by atoms with E-state index in [1.165, 1.54) is 11.8 Å². The van der Waals surface area contributed by atoms with Crippen LogP contribution in [0.1, 0.15) is 11.1 Å². The monoisotopic (exact) mass is 325 g/mol. The van der Waals surface area contributed by atoms with Crippen LogP contribution in [0.25, 0.3) is 6.08 Å². The summed E-state index contributed by atoms with van der Waals surface area (Å²) in [6.45, 7) is 0. The normalized spacial score (nSPS) is 15.7. The van der Waals surface area contributed by atoms with E-state index in [1.54, 1.807) is 14.2 Å². The molecule has 1 aliphatic heterocycles. The first-order valence-corrected chi connectivity index (χ1v) is 7.83. The first-order valence-electron chi connectivity index (χ1n) is 7.01. The van der Waals surface area contributed by atoms with Crippen LogP contribution in [0.3, 0.4) is 0 Å². The topological polar surface area (TPSA) is 47.9 Å². The number of rotatable bonds is 4. The number of methoxy groups -OCH3 is 2. The molecule has 5 heteroatoms. The minimum Gasteiger partial charge on any atom is -0.493 e.